The van der Waals surface area contributed by atoms with Gasteiger partial charge in [0.2, 0.25) is 0 Å². The molecule has 0 spiro atoms. The lowest BCUT2D eigenvalue weighted by Gasteiger charge is -2.44. The Balaban J connectivity index is 2.46. The fourth-order valence-electron chi connectivity index (χ4n) is 2.34. The fourth-order valence-corrected chi connectivity index (χ4v) is 2.34. The van der Waals surface area contributed by atoms with E-state index in [0.717, 1.165) is 6.42 Å². The van der Waals surface area contributed by atoms with Gasteiger partial charge in [0.15, 0.2) is 0 Å². The zero-order valence-corrected chi connectivity index (χ0v) is 8.25. The second-order valence-corrected chi connectivity index (χ2v) is 4.57. The van der Waals surface area contributed by atoms with Crippen LogP contribution >= 0.6 is 0 Å². The lowest BCUT2D eigenvalue weighted by atomic mass is 9.65. The van der Waals surface area contributed by atoms with E-state index in [2.05, 4.69) is 6.92 Å². The molecular weight excluding hydrogens is 152 g/mol. The first-order chi connectivity index (χ1) is 5.43. The van der Waals surface area contributed by atoms with Gasteiger partial charge in [-0.15, -0.1) is 0 Å². The first-order valence-electron chi connectivity index (χ1n) is 4.84. The largest absolute Gasteiger partial charge is 0.393 e. The molecule has 0 heterocycles. The minimum Gasteiger partial charge on any atom is -0.393 e. The van der Waals surface area contributed by atoms with E-state index in [1.54, 1.807) is 6.92 Å². The highest BCUT2D eigenvalue weighted by molar-refractivity contribution is 4.92. The molecule has 4 unspecified atom stereocenters. The number of rotatable bonds is 3. The Morgan fingerprint density at radius 3 is 2.33 bits per heavy atom. The van der Waals surface area contributed by atoms with Crippen molar-refractivity contribution in [1.82, 2.24) is 0 Å². The van der Waals surface area contributed by atoms with Crippen molar-refractivity contribution in [3.63, 3.8) is 0 Å². The number of aliphatic hydroxyl groups excluding tert-OH is 1. The van der Waals surface area contributed by atoms with Crippen LogP contribution in [0.3, 0.4) is 0 Å². The SMILES string of the molecule is CC(O)CC(C)(O)C1CCC1C. The molecule has 1 saturated carbocycles. The van der Waals surface area contributed by atoms with Gasteiger partial charge in [-0.3, -0.25) is 0 Å². The van der Waals surface area contributed by atoms with Crippen molar-refractivity contribution >= 4 is 0 Å². The molecule has 1 aliphatic carbocycles. The maximum atomic E-state index is 10.0. The predicted molar refractivity (Wildman–Crippen MR) is 48.8 cm³/mol. The van der Waals surface area contributed by atoms with Gasteiger partial charge in [0.25, 0.3) is 0 Å². The zero-order chi connectivity index (χ0) is 9.35. The minimum absolute atomic E-state index is 0.395. The van der Waals surface area contributed by atoms with E-state index in [9.17, 15) is 10.2 Å². The maximum absolute atomic E-state index is 10.0. The Bertz CT molecular complexity index is 152. The highest BCUT2D eigenvalue weighted by Gasteiger charge is 2.41. The van der Waals surface area contributed by atoms with Crippen molar-refractivity contribution < 1.29 is 10.2 Å². The summed E-state index contributed by atoms with van der Waals surface area (Å²) in [5.74, 6) is 1.02. The van der Waals surface area contributed by atoms with Crippen LogP contribution in [-0.2, 0) is 0 Å². The van der Waals surface area contributed by atoms with Gasteiger partial charge < -0.3 is 10.2 Å². The molecule has 1 aliphatic rings. The van der Waals surface area contributed by atoms with Crippen LogP contribution in [0.4, 0.5) is 0 Å². The van der Waals surface area contributed by atoms with E-state index in [0.29, 0.717) is 18.3 Å². The Morgan fingerprint density at radius 1 is 1.50 bits per heavy atom. The Hall–Kier alpha value is -0.0800. The molecule has 0 aromatic rings. The van der Waals surface area contributed by atoms with E-state index in [1.807, 2.05) is 6.92 Å². The van der Waals surface area contributed by atoms with Crippen LogP contribution in [-0.4, -0.2) is 21.9 Å². The predicted octanol–water partition coefficient (Wildman–Crippen LogP) is 1.55. The summed E-state index contributed by atoms with van der Waals surface area (Å²) in [6.07, 6.45) is 2.44. The molecule has 1 rings (SSSR count). The van der Waals surface area contributed by atoms with Crippen LogP contribution in [0.5, 0.6) is 0 Å². The van der Waals surface area contributed by atoms with Crippen molar-refractivity contribution in [1.29, 1.82) is 0 Å². The van der Waals surface area contributed by atoms with Crippen molar-refractivity contribution in [2.45, 2.75) is 51.7 Å². The highest BCUT2D eigenvalue weighted by Crippen LogP contribution is 2.43. The molecule has 0 amide bonds. The van der Waals surface area contributed by atoms with Crippen LogP contribution in [0.1, 0.15) is 40.0 Å². The molecule has 0 aliphatic heterocycles. The summed E-state index contributed by atoms with van der Waals surface area (Å²) in [6.45, 7) is 5.75. The lowest BCUT2D eigenvalue weighted by molar-refractivity contribution is -0.0883. The van der Waals surface area contributed by atoms with E-state index in [4.69, 9.17) is 0 Å². The number of hydrogen-bond acceptors (Lipinski definition) is 2. The average molecular weight is 172 g/mol. The third kappa shape index (κ3) is 1.99. The molecule has 0 radical (unpaired) electrons. The number of hydrogen-bond donors (Lipinski definition) is 2. The standard InChI is InChI=1S/C10H20O2/c1-7-4-5-9(7)10(3,12)6-8(2)11/h7-9,11-12H,4-6H2,1-3H3. The Labute approximate surface area is 74.6 Å². The van der Waals surface area contributed by atoms with Crippen molar-refractivity contribution in [3.05, 3.63) is 0 Å². The Morgan fingerprint density at radius 2 is 2.08 bits per heavy atom. The van der Waals surface area contributed by atoms with Gasteiger partial charge in [0, 0.05) is 6.42 Å². The Kier molecular flexibility index (Phi) is 2.79. The molecule has 2 N–H and O–H groups in total. The maximum Gasteiger partial charge on any atom is 0.0674 e. The second kappa shape index (κ2) is 3.35. The summed E-state index contributed by atoms with van der Waals surface area (Å²) in [7, 11) is 0. The molecule has 0 aromatic carbocycles. The third-order valence-corrected chi connectivity index (χ3v) is 3.13. The second-order valence-electron chi connectivity index (χ2n) is 4.57. The van der Waals surface area contributed by atoms with Crippen LogP contribution in [0.2, 0.25) is 0 Å². The van der Waals surface area contributed by atoms with E-state index in [-0.39, 0.29) is 0 Å². The monoisotopic (exact) mass is 172 g/mol. The van der Waals surface area contributed by atoms with Crippen molar-refractivity contribution in [2.75, 3.05) is 0 Å². The van der Waals surface area contributed by atoms with Gasteiger partial charge in [-0.2, -0.15) is 0 Å². The molecular formula is C10H20O2. The van der Waals surface area contributed by atoms with E-state index in [1.165, 1.54) is 6.42 Å². The normalized spacial score (nSPS) is 36.8. The summed E-state index contributed by atoms with van der Waals surface area (Å²) in [5, 5.41) is 19.2. The molecule has 12 heavy (non-hydrogen) atoms. The molecule has 2 nitrogen and oxygen atoms in total. The highest BCUT2D eigenvalue weighted by atomic mass is 16.3. The average Bonchev–Trinajstić information content (AvgIpc) is 1.79. The van der Waals surface area contributed by atoms with E-state index >= 15 is 0 Å². The van der Waals surface area contributed by atoms with E-state index < -0.39 is 11.7 Å². The van der Waals surface area contributed by atoms with Gasteiger partial charge in [0.05, 0.1) is 11.7 Å². The molecule has 0 bridgehead atoms. The topological polar surface area (TPSA) is 40.5 Å². The first kappa shape index (κ1) is 10.0. The van der Waals surface area contributed by atoms with Gasteiger partial charge >= 0.3 is 0 Å². The molecule has 1 fully saturated rings. The summed E-state index contributed by atoms with van der Waals surface area (Å²) < 4.78 is 0. The van der Waals surface area contributed by atoms with Crippen molar-refractivity contribution in [2.24, 2.45) is 11.8 Å². The van der Waals surface area contributed by atoms with Crippen molar-refractivity contribution in [3.8, 4) is 0 Å². The summed E-state index contributed by atoms with van der Waals surface area (Å²) in [6, 6.07) is 0. The molecule has 2 heteroatoms. The quantitative estimate of drug-likeness (QED) is 0.678. The van der Waals surface area contributed by atoms with Gasteiger partial charge in [0.1, 0.15) is 0 Å². The fraction of sp³-hybridized carbons (Fsp3) is 1.00. The van der Waals surface area contributed by atoms with Crippen LogP contribution in [0.25, 0.3) is 0 Å². The molecule has 0 aromatic heterocycles. The van der Waals surface area contributed by atoms with Gasteiger partial charge in [-0.05, 0) is 38.5 Å². The minimum atomic E-state index is -0.661. The lowest BCUT2D eigenvalue weighted by Crippen LogP contribution is -2.45. The smallest absolute Gasteiger partial charge is 0.0674 e. The summed E-state index contributed by atoms with van der Waals surface area (Å²) in [4.78, 5) is 0. The van der Waals surface area contributed by atoms with Crippen LogP contribution < -0.4 is 0 Å². The summed E-state index contributed by atoms with van der Waals surface area (Å²) >= 11 is 0. The van der Waals surface area contributed by atoms with Gasteiger partial charge in [-0.25, -0.2) is 0 Å². The zero-order valence-electron chi connectivity index (χ0n) is 8.25. The van der Waals surface area contributed by atoms with Crippen LogP contribution in [0, 0.1) is 11.8 Å². The first-order valence-corrected chi connectivity index (χ1v) is 4.84. The summed E-state index contributed by atoms with van der Waals surface area (Å²) in [5.41, 5.74) is -0.661. The van der Waals surface area contributed by atoms with Crippen LogP contribution in [0.15, 0.2) is 0 Å². The third-order valence-electron chi connectivity index (χ3n) is 3.13. The van der Waals surface area contributed by atoms with Gasteiger partial charge in [-0.1, -0.05) is 6.92 Å². The molecule has 72 valence electrons. The number of aliphatic hydroxyl groups is 2. The molecule has 4 atom stereocenters. The molecule has 0 saturated heterocycles.